The first-order valence-corrected chi connectivity index (χ1v) is 9.65. The van der Waals surface area contributed by atoms with Gasteiger partial charge >= 0.3 is 6.09 Å². The van der Waals surface area contributed by atoms with Crippen molar-refractivity contribution in [3.05, 3.63) is 42.1 Å². The van der Waals surface area contributed by atoms with E-state index in [1.165, 1.54) is 0 Å². The zero-order chi connectivity index (χ0) is 21.3. The van der Waals surface area contributed by atoms with Gasteiger partial charge < -0.3 is 20.7 Å². The SMILES string of the molecule is CN=C(NCCCNC(=O)OC(C)(C)C)NCc1ccc(-n2ccnc2C)nc1.I. The lowest BCUT2D eigenvalue weighted by atomic mass is 10.2. The number of rotatable bonds is 7. The number of carbonyl (C=O) groups excluding carboxylic acids is 1. The number of amides is 1. The molecule has 0 atom stereocenters. The fourth-order valence-electron chi connectivity index (χ4n) is 2.49. The number of aliphatic imine (C=N–C) groups is 1. The molecule has 2 rings (SSSR count). The number of halogens is 1. The Hall–Kier alpha value is -2.37. The number of pyridine rings is 1. The number of carbonyl (C=O) groups is 1. The maximum atomic E-state index is 11.6. The summed E-state index contributed by atoms with van der Waals surface area (Å²) in [5.41, 5.74) is 0.555. The van der Waals surface area contributed by atoms with Crippen LogP contribution in [0.25, 0.3) is 5.82 Å². The molecule has 0 unspecified atom stereocenters. The first kappa shape index (κ1) is 25.7. The molecule has 0 saturated heterocycles. The first-order chi connectivity index (χ1) is 13.8. The molecule has 9 nitrogen and oxygen atoms in total. The van der Waals surface area contributed by atoms with E-state index >= 15 is 0 Å². The average Bonchev–Trinajstić information content (AvgIpc) is 3.09. The van der Waals surface area contributed by atoms with Crippen molar-refractivity contribution in [1.82, 2.24) is 30.5 Å². The molecule has 0 spiro atoms. The minimum Gasteiger partial charge on any atom is -0.444 e. The lowest BCUT2D eigenvalue weighted by Crippen LogP contribution is -2.39. The van der Waals surface area contributed by atoms with Crippen LogP contribution in [0.5, 0.6) is 0 Å². The van der Waals surface area contributed by atoms with Crippen LogP contribution in [0.2, 0.25) is 0 Å². The van der Waals surface area contributed by atoms with Crippen molar-refractivity contribution in [1.29, 1.82) is 0 Å². The molecular formula is C20H32IN7O2. The lowest BCUT2D eigenvalue weighted by molar-refractivity contribution is 0.0527. The summed E-state index contributed by atoms with van der Waals surface area (Å²) in [5, 5.41) is 9.20. The number of guanidine groups is 1. The Morgan fingerprint density at radius 2 is 1.90 bits per heavy atom. The summed E-state index contributed by atoms with van der Waals surface area (Å²) in [5.74, 6) is 2.43. The Morgan fingerprint density at radius 3 is 2.47 bits per heavy atom. The van der Waals surface area contributed by atoms with Gasteiger partial charge in [-0.15, -0.1) is 24.0 Å². The molecule has 0 aliphatic rings. The summed E-state index contributed by atoms with van der Waals surface area (Å²) in [6.07, 6.45) is 5.83. The topological polar surface area (TPSA) is 105 Å². The van der Waals surface area contributed by atoms with Crippen LogP contribution in [0.1, 0.15) is 38.6 Å². The van der Waals surface area contributed by atoms with Crippen molar-refractivity contribution in [3.8, 4) is 5.82 Å². The molecule has 166 valence electrons. The zero-order valence-corrected chi connectivity index (χ0v) is 20.6. The van der Waals surface area contributed by atoms with E-state index in [1.54, 1.807) is 13.2 Å². The Labute approximate surface area is 195 Å². The van der Waals surface area contributed by atoms with Gasteiger partial charge in [-0.2, -0.15) is 0 Å². The predicted octanol–water partition coefficient (Wildman–Crippen LogP) is 2.77. The van der Waals surface area contributed by atoms with Gasteiger partial charge in [-0.25, -0.2) is 14.8 Å². The van der Waals surface area contributed by atoms with Crippen LogP contribution < -0.4 is 16.0 Å². The smallest absolute Gasteiger partial charge is 0.407 e. The third-order valence-electron chi connectivity index (χ3n) is 3.88. The molecule has 30 heavy (non-hydrogen) atoms. The first-order valence-electron chi connectivity index (χ1n) is 9.65. The molecule has 0 saturated carbocycles. The van der Waals surface area contributed by atoms with Gasteiger partial charge in [0.2, 0.25) is 0 Å². The minimum atomic E-state index is -0.487. The molecule has 0 aliphatic heterocycles. The fourth-order valence-corrected chi connectivity index (χ4v) is 2.49. The Morgan fingerprint density at radius 1 is 1.17 bits per heavy atom. The molecule has 0 bridgehead atoms. The van der Waals surface area contributed by atoms with Gasteiger partial charge in [-0.1, -0.05) is 6.07 Å². The van der Waals surface area contributed by atoms with Gasteiger partial charge in [0.15, 0.2) is 5.96 Å². The number of hydrogen-bond acceptors (Lipinski definition) is 5. The predicted molar refractivity (Wildman–Crippen MR) is 129 cm³/mol. The van der Waals surface area contributed by atoms with E-state index in [0.717, 1.165) is 23.6 Å². The molecule has 0 aliphatic carbocycles. The number of hydrogen-bond donors (Lipinski definition) is 3. The highest BCUT2D eigenvalue weighted by Gasteiger charge is 2.15. The molecule has 2 aromatic rings. The quantitative estimate of drug-likeness (QED) is 0.221. The Bertz CT molecular complexity index is 813. The van der Waals surface area contributed by atoms with Crippen LogP contribution in [-0.2, 0) is 11.3 Å². The second kappa shape index (κ2) is 12.4. The normalized spacial score (nSPS) is 11.4. The fraction of sp³-hybridized carbons (Fsp3) is 0.500. The number of alkyl carbamates (subject to hydrolysis) is 1. The van der Waals surface area contributed by atoms with Crippen LogP contribution >= 0.6 is 24.0 Å². The van der Waals surface area contributed by atoms with Gasteiger partial charge in [-0.3, -0.25) is 9.56 Å². The summed E-state index contributed by atoms with van der Waals surface area (Å²) in [6, 6.07) is 3.98. The molecule has 1 amide bonds. The van der Waals surface area contributed by atoms with Crippen molar-refractivity contribution in [2.75, 3.05) is 20.1 Å². The summed E-state index contributed by atoms with van der Waals surface area (Å²) in [7, 11) is 1.72. The van der Waals surface area contributed by atoms with Gasteiger partial charge in [0.05, 0.1) is 0 Å². The van der Waals surface area contributed by atoms with E-state index in [4.69, 9.17) is 4.74 Å². The lowest BCUT2D eigenvalue weighted by Gasteiger charge is -2.19. The standard InChI is InChI=1S/C20H31N7O2.HI/c1-15-22-11-12-27(15)17-8-7-16(13-25-17)14-26-18(21-5)23-9-6-10-24-19(28)29-20(2,3)4;/h7-8,11-13H,6,9-10,14H2,1-5H3,(H,24,28)(H2,21,23,26);1H. The third-order valence-corrected chi connectivity index (χ3v) is 3.88. The van der Waals surface area contributed by atoms with Crippen molar-refractivity contribution >= 4 is 36.0 Å². The van der Waals surface area contributed by atoms with Gasteiger partial charge in [0, 0.05) is 45.3 Å². The molecule has 0 fully saturated rings. The molecule has 0 aromatic carbocycles. The Balaban J connectivity index is 0.00000450. The zero-order valence-electron chi connectivity index (χ0n) is 18.2. The maximum absolute atomic E-state index is 11.6. The highest BCUT2D eigenvalue weighted by molar-refractivity contribution is 14.0. The van der Waals surface area contributed by atoms with E-state index in [9.17, 15) is 4.79 Å². The second-order valence-corrected chi connectivity index (χ2v) is 7.50. The maximum Gasteiger partial charge on any atom is 0.407 e. The van der Waals surface area contributed by atoms with Crippen LogP contribution in [-0.4, -0.2) is 52.3 Å². The van der Waals surface area contributed by atoms with Crippen LogP contribution in [0.3, 0.4) is 0 Å². The molecule has 2 aromatic heterocycles. The van der Waals surface area contributed by atoms with Crippen molar-refractivity contribution in [2.45, 2.75) is 46.3 Å². The summed E-state index contributed by atoms with van der Waals surface area (Å²) in [4.78, 5) is 24.5. The van der Waals surface area contributed by atoms with Crippen molar-refractivity contribution in [3.63, 3.8) is 0 Å². The number of aromatic nitrogens is 3. The number of aryl methyl sites for hydroxylation is 1. The highest BCUT2D eigenvalue weighted by atomic mass is 127. The number of imidazole rings is 1. The molecule has 2 heterocycles. The van der Waals surface area contributed by atoms with Gasteiger partial charge in [0.25, 0.3) is 0 Å². The van der Waals surface area contributed by atoms with E-state index < -0.39 is 11.7 Å². The van der Waals surface area contributed by atoms with E-state index in [0.29, 0.717) is 25.6 Å². The van der Waals surface area contributed by atoms with E-state index in [1.807, 2.05) is 56.8 Å². The third kappa shape index (κ3) is 8.97. The van der Waals surface area contributed by atoms with Gasteiger partial charge in [0.1, 0.15) is 17.2 Å². The number of nitrogens with zero attached hydrogens (tertiary/aromatic N) is 4. The minimum absolute atomic E-state index is 0. The average molecular weight is 529 g/mol. The largest absolute Gasteiger partial charge is 0.444 e. The highest BCUT2D eigenvalue weighted by Crippen LogP contribution is 2.08. The van der Waals surface area contributed by atoms with Crippen LogP contribution in [0, 0.1) is 6.92 Å². The number of ether oxygens (including phenoxy) is 1. The molecule has 3 N–H and O–H groups in total. The van der Waals surface area contributed by atoms with Crippen molar-refractivity contribution < 1.29 is 9.53 Å². The van der Waals surface area contributed by atoms with Crippen LogP contribution in [0.15, 0.2) is 35.7 Å². The van der Waals surface area contributed by atoms with E-state index in [2.05, 4.69) is 30.9 Å². The van der Waals surface area contributed by atoms with Gasteiger partial charge in [-0.05, 0) is 45.7 Å². The van der Waals surface area contributed by atoms with E-state index in [-0.39, 0.29) is 24.0 Å². The summed E-state index contributed by atoms with van der Waals surface area (Å²) >= 11 is 0. The monoisotopic (exact) mass is 529 g/mol. The summed E-state index contributed by atoms with van der Waals surface area (Å²) in [6.45, 7) is 9.26. The summed E-state index contributed by atoms with van der Waals surface area (Å²) < 4.78 is 7.13. The molecule has 0 radical (unpaired) electrons. The van der Waals surface area contributed by atoms with Crippen molar-refractivity contribution in [2.24, 2.45) is 4.99 Å². The number of nitrogens with one attached hydrogen (secondary N) is 3. The second-order valence-electron chi connectivity index (χ2n) is 7.50. The Kier molecular flexibility index (Phi) is 10.6. The molecular weight excluding hydrogens is 497 g/mol. The van der Waals surface area contributed by atoms with Crippen LogP contribution in [0.4, 0.5) is 4.79 Å². The molecule has 10 heteroatoms.